The van der Waals surface area contributed by atoms with Gasteiger partial charge in [-0.15, -0.1) is 0 Å². The summed E-state index contributed by atoms with van der Waals surface area (Å²) in [5, 5.41) is 35.0. The fourth-order valence-corrected chi connectivity index (χ4v) is 4.85. The molecule has 40 heavy (non-hydrogen) atoms. The van der Waals surface area contributed by atoms with Crippen LogP contribution in [0.2, 0.25) is 0 Å². The Morgan fingerprint density at radius 1 is 1.12 bits per heavy atom. The lowest BCUT2D eigenvalue weighted by molar-refractivity contribution is -0.0366. The van der Waals surface area contributed by atoms with Crippen molar-refractivity contribution in [3.8, 4) is 28.8 Å². The van der Waals surface area contributed by atoms with Crippen LogP contribution in [0, 0.1) is 11.3 Å². The van der Waals surface area contributed by atoms with E-state index in [4.69, 9.17) is 14.5 Å². The topological polar surface area (TPSA) is 132 Å². The van der Waals surface area contributed by atoms with Gasteiger partial charge >= 0.3 is 0 Å². The van der Waals surface area contributed by atoms with Crippen molar-refractivity contribution in [1.29, 1.82) is 5.26 Å². The Kier molecular flexibility index (Phi) is 7.58. The number of pyridine rings is 3. The van der Waals surface area contributed by atoms with Gasteiger partial charge in [0, 0.05) is 48.7 Å². The number of ether oxygens (including phenoxy) is 2. The third-order valence-corrected chi connectivity index (χ3v) is 6.87. The largest absolute Gasteiger partial charge is 0.489 e. The molecule has 0 saturated carbocycles. The van der Waals surface area contributed by atoms with E-state index in [-0.39, 0.29) is 12.6 Å². The number of nitriles is 1. The number of aliphatic hydroxyl groups is 2. The summed E-state index contributed by atoms with van der Waals surface area (Å²) in [6.45, 7) is 7.21. The van der Waals surface area contributed by atoms with Crippen LogP contribution in [0.4, 0.5) is 5.82 Å². The minimum atomic E-state index is -1.00. The predicted molar refractivity (Wildman–Crippen MR) is 149 cm³/mol. The highest BCUT2D eigenvalue weighted by atomic mass is 16.5. The molecule has 1 aliphatic rings. The van der Waals surface area contributed by atoms with E-state index in [9.17, 15) is 15.5 Å². The molecule has 2 N–H and O–H groups in total. The Hall–Kier alpha value is -4.24. The van der Waals surface area contributed by atoms with E-state index >= 15 is 0 Å². The molecule has 0 amide bonds. The number of aliphatic hydroxyl groups excluding tert-OH is 1. The maximum absolute atomic E-state index is 11.0. The monoisotopic (exact) mass is 543 g/mol. The first-order chi connectivity index (χ1) is 19.1. The number of hydrogen-bond donors (Lipinski definition) is 2. The molecule has 11 nitrogen and oxygen atoms in total. The summed E-state index contributed by atoms with van der Waals surface area (Å²) in [6.07, 6.45) is 6.06. The van der Waals surface area contributed by atoms with E-state index < -0.39 is 11.8 Å². The Morgan fingerprint density at radius 3 is 2.58 bits per heavy atom. The van der Waals surface area contributed by atoms with Crippen LogP contribution in [0.3, 0.4) is 0 Å². The Bertz CT molecular complexity index is 1500. The minimum absolute atomic E-state index is 0.0709. The number of fused-ring (bicyclic) bond motifs is 1. The van der Waals surface area contributed by atoms with Gasteiger partial charge in [-0.05, 0) is 44.5 Å². The second kappa shape index (κ2) is 11.1. The fourth-order valence-electron chi connectivity index (χ4n) is 4.85. The zero-order valence-corrected chi connectivity index (χ0v) is 23.0. The van der Waals surface area contributed by atoms with Gasteiger partial charge in [0.1, 0.15) is 30.5 Å². The van der Waals surface area contributed by atoms with Crippen LogP contribution in [0.5, 0.6) is 11.6 Å². The van der Waals surface area contributed by atoms with Gasteiger partial charge in [0.05, 0.1) is 42.7 Å². The number of nitrogens with zero attached hydrogens (tertiary/aromatic N) is 7. The number of piperazine rings is 1. The quantitative estimate of drug-likeness (QED) is 0.342. The van der Waals surface area contributed by atoms with Gasteiger partial charge in [-0.1, -0.05) is 6.07 Å². The van der Waals surface area contributed by atoms with E-state index in [1.807, 2.05) is 35.2 Å². The van der Waals surface area contributed by atoms with Crippen molar-refractivity contribution in [3.05, 3.63) is 66.2 Å². The molecule has 4 aromatic rings. The molecule has 0 aliphatic carbocycles. The summed E-state index contributed by atoms with van der Waals surface area (Å²) >= 11 is 0. The highest BCUT2D eigenvalue weighted by Crippen LogP contribution is 2.32. The van der Waals surface area contributed by atoms with Crippen LogP contribution in [0.25, 0.3) is 16.6 Å². The van der Waals surface area contributed by atoms with E-state index in [1.165, 1.54) is 6.20 Å². The van der Waals surface area contributed by atoms with Crippen molar-refractivity contribution in [1.82, 2.24) is 24.5 Å². The number of β-amino-alcohol motifs (C(OH)–C–C–N with tert-alkyl or cyclic N) is 1. The summed E-state index contributed by atoms with van der Waals surface area (Å²) in [5.74, 6) is 1.82. The molecular weight excluding hydrogens is 510 g/mol. The lowest BCUT2D eigenvalue weighted by Crippen LogP contribution is -2.57. The normalized spacial score (nSPS) is 18.1. The zero-order chi connectivity index (χ0) is 28.4. The number of anilines is 1. The highest BCUT2D eigenvalue weighted by molar-refractivity contribution is 5.85. The van der Waals surface area contributed by atoms with Crippen LogP contribution in [-0.2, 0) is 6.54 Å². The minimum Gasteiger partial charge on any atom is -0.489 e. The molecule has 0 spiro atoms. The van der Waals surface area contributed by atoms with Gasteiger partial charge in [-0.2, -0.15) is 10.4 Å². The highest BCUT2D eigenvalue weighted by Gasteiger charge is 2.31. The van der Waals surface area contributed by atoms with Gasteiger partial charge in [-0.3, -0.25) is 4.90 Å². The molecule has 0 aromatic carbocycles. The maximum atomic E-state index is 11.0. The Labute approximate surface area is 232 Å². The molecular formula is C29H33N7O4. The van der Waals surface area contributed by atoms with E-state index in [0.29, 0.717) is 42.3 Å². The van der Waals surface area contributed by atoms with Crippen molar-refractivity contribution in [3.63, 3.8) is 0 Å². The van der Waals surface area contributed by atoms with Crippen LogP contribution in [0.15, 0.2) is 55.1 Å². The van der Waals surface area contributed by atoms with Crippen molar-refractivity contribution < 1.29 is 19.7 Å². The first kappa shape index (κ1) is 27.3. The van der Waals surface area contributed by atoms with Crippen LogP contribution in [-0.4, -0.2) is 79.4 Å². The first-order valence-corrected chi connectivity index (χ1v) is 13.1. The molecule has 5 rings (SSSR count). The second-order valence-electron chi connectivity index (χ2n) is 10.7. The Balaban J connectivity index is 1.35. The molecule has 1 fully saturated rings. The summed E-state index contributed by atoms with van der Waals surface area (Å²) < 4.78 is 12.6. The standard InChI is InChI=1S/C29H33N7O4/c1-19-14-34(17-27(37)35(19)15-20-5-8-26(39-4)32-11-20)25-7-6-21(12-31-25)24-9-23(40-18-29(2,3)38)16-36-28(24)22(10-30)13-33-36/h5-9,11-13,16,19,27,37-38H,14-15,17-18H2,1-4H3. The van der Waals surface area contributed by atoms with Crippen molar-refractivity contribution in [2.24, 2.45) is 0 Å². The van der Waals surface area contributed by atoms with Gasteiger partial charge in [0.2, 0.25) is 5.88 Å². The van der Waals surface area contributed by atoms with Crippen LogP contribution >= 0.6 is 0 Å². The van der Waals surface area contributed by atoms with Gasteiger partial charge < -0.3 is 24.6 Å². The zero-order valence-electron chi connectivity index (χ0n) is 23.0. The lowest BCUT2D eigenvalue weighted by atomic mass is 10.0. The summed E-state index contributed by atoms with van der Waals surface area (Å²) in [7, 11) is 1.58. The van der Waals surface area contributed by atoms with Crippen molar-refractivity contribution in [2.45, 2.75) is 45.2 Å². The molecule has 2 unspecified atom stereocenters. The van der Waals surface area contributed by atoms with Gasteiger partial charge in [0.25, 0.3) is 0 Å². The predicted octanol–water partition coefficient (Wildman–Crippen LogP) is 2.85. The molecule has 1 saturated heterocycles. The SMILES string of the molecule is COc1ccc(CN2C(C)CN(c3ccc(-c4cc(OCC(C)(C)O)cn5ncc(C#N)c45)cn3)CC2O)cn1. The smallest absolute Gasteiger partial charge is 0.212 e. The summed E-state index contributed by atoms with van der Waals surface area (Å²) in [4.78, 5) is 13.1. The first-order valence-electron chi connectivity index (χ1n) is 13.1. The number of rotatable bonds is 8. The summed E-state index contributed by atoms with van der Waals surface area (Å²) in [5.41, 5.74) is 2.62. The Morgan fingerprint density at radius 2 is 1.95 bits per heavy atom. The molecule has 208 valence electrons. The number of hydrogen-bond acceptors (Lipinski definition) is 10. The number of methoxy groups -OCH3 is 1. The fraction of sp³-hybridized carbons (Fsp3) is 0.379. The van der Waals surface area contributed by atoms with E-state index in [0.717, 1.165) is 22.5 Å². The molecule has 4 aromatic heterocycles. The molecule has 2 atom stereocenters. The molecule has 1 aliphatic heterocycles. The van der Waals surface area contributed by atoms with E-state index in [1.54, 1.807) is 44.1 Å². The number of aromatic nitrogens is 4. The molecule has 0 radical (unpaired) electrons. The molecule has 11 heteroatoms. The van der Waals surface area contributed by atoms with Crippen molar-refractivity contribution in [2.75, 3.05) is 31.7 Å². The maximum Gasteiger partial charge on any atom is 0.212 e. The van der Waals surface area contributed by atoms with E-state index in [2.05, 4.69) is 28.0 Å². The average molecular weight is 544 g/mol. The second-order valence-corrected chi connectivity index (χ2v) is 10.7. The molecule has 0 bridgehead atoms. The van der Waals surface area contributed by atoms with Gasteiger partial charge in [-0.25, -0.2) is 14.5 Å². The lowest BCUT2D eigenvalue weighted by Gasteiger charge is -2.43. The third-order valence-electron chi connectivity index (χ3n) is 6.87. The van der Waals surface area contributed by atoms with Gasteiger partial charge in [0.15, 0.2) is 0 Å². The van der Waals surface area contributed by atoms with Crippen molar-refractivity contribution >= 4 is 11.3 Å². The molecule has 5 heterocycles. The van der Waals surface area contributed by atoms with Crippen LogP contribution < -0.4 is 14.4 Å². The average Bonchev–Trinajstić information content (AvgIpc) is 3.36. The summed E-state index contributed by atoms with van der Waals surface area (Å²) in [6, 6.07) is 11.7. The third kappa shape index (κ3) is 5.84. The van der Waals surface area contributed by atoms with Crippen LogP contribution in [0.1, 0.15) is 31.9 Å².